The second kappa shape index (κ2) is 7.81. The van der Waals surface area contributed by atoms with Gasteiger partial charge >= 0.3 is 0 Å². The van der Waals surface area contributed by atoms with Crippen LogP contribution in [0.5, 0.6) is 0 Å². The van der Waals surface area contributed by atoms with Crippen molar-refractivity contribution in [2.75, 3.05) is 0 Å². The predicted octanol–water partition coefficient (Wildman–Crippen LogP) is 6.05. The lowest BCUT2D eigenvalue weighted by molar-refractivity contribution is 0.304. The van der Waals surface area contributed by atoms with Gasteiger partial charge in [-0.1, -0.05) is 50.5 Å². The first-order valence-electron chi connectivity index (χ1n) is 8.42. The highest BCUT2D eigenvalue weighted by molar-refractivity contribution is 5.26. The van der Waals surface area contributed by atoms with Gasteiger partial charge in [-0.3, -0.25) is 0 Å². The minimum atomic E-state index is -0.741. The summed E-state index contributed by atoms with van der Waals surface area (Å²) >= 11 is 0. The van der Waals surface area contributed by atoms with Gasteiger partial charge in [0.25, 0.3) is 0 Å². The van der Waals surface area contributed by atoms with Crippen LogP contribution in [0, 0.1) is 5.92 Å². The Morgan fingerprint density at radius 3 is 2.30 bits per heavy atom. The molecule has 0 radical (unpaired) electrons. The molecule has 1 atom stereocenters. The zero-order valence-corrected chi connectivity index (χ0v) is 13.1. The van der Waals surface area contributed by atoms with Gasteiger partial charge in [0.1, 0.15) is 6.17 Å². The van der Waals surface area contributed by atoms with E-state index in [4.69, 9.17) is 0 Å². The van der Waals surface area contributed by atoms with Gasteiger partial charge in [-0.05, 0) is 55.6 Å². The molecule has 0 spiro atoms. The molecule has 1 aromatic rings. The van der Waals surface area contributed by atoms with Crippen LogP contribution in [0.25, 0.3) is 0 Å². The van der Waals surface area contributed by atoms with Crippen molar-refractivity contribution < 1.29 is 4.39 Å². The Bertz CT molecular complexity index is 371. The molecule has 1 heteroatoms. The van der Waals surface area contributed by atoms with E-state index in [-0.39, 0.29) is 0 Å². The maximum absolute atomic E-state index is 13.0. The minimum absolute atomic E-state index is 0.546. The Morgan fingerprint density at radius 2 is 1.75 bits per heavy atom. The zero-order valence-electron chi connectivity index (χ0n) is 13.1. The predicted molar refractivity (Wildman–Crippen MR) is 84.9 cm³/mol. The molecule has 0 nitrogen and oxygen atoms in total. The van der Waals surface area contributed by atoms with Gasteiger partial charge in [0.15, 0.2) is 0 Å². The van der Waals surface area contributed by atoms with Gasteiger partial charge in [0.2, 0.25) is 0 Å². The molecule has 0 amide bonds. The number of rotatable bonds is 6. The highest BCUT2D eigenvalue weighted by atomic mass is 19.1. The fourth-order valence-corrected chi connectivity index (χ4v) is 3.53. The molecule has 0 heterocycles. The van der Waals surface area contributed by atoms with Crippen LogP contribution in [-0.2, 0) is 6.42 Å². The van der Waals surface area contributed by atoms with Crippen molar-refractivity contribution in [2.45, 2.75) is 77.3 Å². The monoisotopic (exact) mass is 276 g/mol. The average molecular weight is 276 g/mol. The third-order valence-electron chi connectivity index (χ3n) is 4.78. The van der Waals surface area contributed by atoms with Crippen LogP contribution in [0.2, 0.25) is 0 Å². The molecule has 20 heavy (non-hydrogen) atoms. The van der Waals surface area contributed by atoms with E-state index in [0.717, 1.165) is 17.4 Å². The molecular weight excluding hydrogens is 247 g/mol. The third-order valence-corrected chi connectivity index (χ3v) is 4.78. The lowest BCUT2D eigenvalue weighted by Gasteiger charge is -2.29. The lowest BCUT2D eigenvalue weighted by atomic mass is 9.77. The normalized spacial score (nSPS) is 24.6. The molecule has 2 rings (SSSR count). The molecule has 0 N–H and O–H groups in total. The Morgan fingerprint density at radius 1 is 1.10 bits per heavy atom. The largest absolute Gasteiger partial charge is 0.247 e. The Kier molecular flexibility index (Phi) is 6.06. The van der Waals surface area contributed by atoms with Crippen molar-refractivity contribution in [3.8, 4) is 0 Å². The van der Waals surface area contributed by atoms with E-state index in [9.17, 15) is 4.39 Å². The van der Waals surface area contributed by atoms with Crippen molar-refractivity contribution in [1.82, 2.24) is 0 Å². The smallest absolute Gasteiger partial charge is 0.101 e. The molecule has 0 aliphatic heterocycles. The van der Waals surface area contributed by atoms with E-state index < -0.39 is 6.17 Å². The van der Waals surface area contributed by atoms with Crippen molar-refractivity contribution in [3.63, 3.8) is 0 Å². The molecule has 1 aliphatic carbocycles. The van der Waals surface area contributed by atoms with Gasteiger partial charge in [-0.15, -0.1) is 0 Å². The van der Waals surface area contributed by atoms with Crippen molar-refractivity contribution in [3.05, 3.63) is 35.4 Å². The number of hydrogen-bond donors (Lipinski definition) is 0. The summed E-state index contributed by atoms with van der Waals surface area (Å²) in [6.45, 7) is 3.91. The molecule has 1 unspecified atom stereocenters. The summed E-state index contributed by atoms with van der Waals surface area (Å²) in [5.74, 6) is 1.71. The molecule has 1 aliphatic rings. The SMILES string of the molecule is CCCCC1CCC(c2ccc(CC(C)F)cc2)CC1. The van der Waals surface area contributed by atoms with Crippen LogP contribution < -0.4 is 0 Å². The molecule has 1 aromatic carbocycles. The van der Waals surface area contributed by atoms with E-state index >= 15 is 0 Å². The second-order valence-electron chi connectivity index (χ2n) is 6.59. The highest BCUT2D eigenvalue weighted by Crippen LogP contribution is 2.37. The summed E-state index contributed by atoms with van der Waals surface area (Å²) in [5.41, 5.74) is 2.59. The molecule has 1 saturated carbocycles. The maximum atomic E-state index is 13.0. The van der Waals surface area contributed by atoms with E-state index in [0.29, 0.717) is 6.42 Å². The van der Waals surface area contributed by atoms with Crippen LogP contribution >= 0.6 is 0 Å². The number of unbranched alkanes of at least 4 members (excludes halogenated alkanes) is 1. The third kappa shape index (κ3) is 4.61. The maximum Gasteiger partial charge on any atom is 0.101 e. The minimum Gasteiger partial charge on any atom is -0.247 e. The van der Waals surface area contributed by atoms with Crippen LogP contribution in [0.4, 0.5) is 4.39 Å². The van der Waals surface area contributed by atoms with Crippen molar-refractivity contribution in [2.24, 2.45) is 5.92 Å². The number of halogens is 1. The summed E-state index contributed by atoms with van der Waals surface area (Å²) < 4.78 is 13.0. The number of alkyl halides is 1. The fraction of sp³-hybridized carbons (Fsp3) is 0.684. The first-order chi connectivity index (χ1) is 9.69. The second-order valence-corrected chi connectivity index (χ2v) is 6.59. The molecule has 112 valence electrons. The van der Waals surface area contributed by atoms with Crippen molar-refractivity contribution >= 4 is 0 Å². The fourth-order valence-electron chi connectivity index (χ4n) is 3.53. The van der Waals surface area contributed by atoms with Crippen LogP contribution in [-0.4, -0.2) is 6.17 Å². The average Bonchev–Trinajstić information content (AvgIpc) is 2.46. The summed E-state index contributed by atoms with van der Waals surface area (Å²) in [6, 6.07) is 8.70. The van der Waals surface area contributed by atoms with E-state index in [2.05, 4.69) is 31.2 Å². The summed E-state index contributed by atoms with van der Waals surface area (Å²) in [7, 11) is 0. The van der Waals surface area contributed by atoms with Crippen LogP contribution in [0.3, 0.4) is 0 Å². The number of hydrogen-bond acceptors (Lipinski definition) is 0. The van der Waals surface area contributed by atoms with Crippen LogP contribution in [0.15, 0.2) is 24.3 Å². The van der Waals surface area contributed by atoms with E-state index in [1.807, 2.05) is 0 Å². The molecular formula is C19H29F. The van der Waals surface area contributed by atoms with Gasteiger partial charge < -0.3 is 0 Å². The topological polar surface area (TPSA) is 0 Å². The lowest BCUT2D eigenvalue weighted by Crippen LogP contribution is -2.13. The van der Waals surface area contributed by atoms with E-state index in [1.165, 1.54) is 50.5 Å². The molecule has 1 fully saturated rings. The van der Waals surface area contributed by atoms with Crippen molar-refractivity contribution in [1.29, 1.82) is 0 Å². The Hall–Kier alpha value is -0.850. The summed E-state index contributed by atoms with van der Waals surface area (Å²) in [6.07, 6.45) is 9.43. The summed E-state index contributed by atoms with van der Waals surface area (Å²) in [5, 5.41) is 0. The van der Waals surface area contributed by atoms with Crippen LogP contribution in [0.1, 0.15) is 75.8 Å². The standard InChI is InChI=1S/C19H29F/c1-3-4-5-16-6-10-18(11-7-16)19-12-8-17(9-13-19)14-15(2)20/h8-9,12-13,15-16,18H,3-7,10-11,14H2,1-2H3. The summed E-state index contributed by atoms with van der Waals surface area (Å²) in [4.78, 5) is 0. The zero-order chi connectivity index (χ0) is 14.4. The van der Waals surface area contributed by atoms with Gasteiger partial charge in [-0.2, -0.15) is 0 Å². The van der Waals surface area contributed by atoms with Gasteiger partial charge in [0, 0.05) is 6.42 Å². The quantitative estimate of drug-likeness (QED) is 0.593. The van der Waals surface area contributed by atoms with E-state index in [1.54, 1.807) is 6.92 Å². The number of benzene rings is 1. The van der Waals surface area contributed by atoms with Gasteiger partial charge in [-0.25, -0.2) is 4.39 Å². The Labute approximate surface area is 123 Å². The Balaban J connectivity index is 1.84. The first kappa shape index (κ1) is 15.5. The molecule has 0 bridgehead atoms. The molecule has 0 aromatic heterocycles. The highest BCUT2D eigenvalue weighted by Gasteiger charge is 2.21. The molecule has 0 saturated heterocycles. The van der Waals surface area contributed by atoms with Gasteiger partial charge in [0.05, 0.1) is 0 Å². The first-order valence-corrected chi connectivity index (χ1v) is 8.42.